The molecular weight excluding hydrogens is 420 g/mol. The number of carbonyl (C=O) groups excluding carboxylic acids is 1. The van der Waals surface area contributed by atoms with E-state index in [0.717, 1.165) is 33.4 Å². The van der Waals surface area contributed by atoms with Crippen LogP contribution in [0.15, 0.2) is 121 Å². The third-order valence-electron chi connectivity index (χ3n) is 5.81. The first-order valence-corrected chi connectivity index (χ1v) is 11.0. The van der Waals surface area contributed by atoms with Crippen molar-refractivity contribution in [2.45, 2.75) is 0 Å². The zero-order chi connectivity index (χ0) is 23.5. The summed E-state index contributed by atoms with van der Waals surface area (Å²) >= 11 is 0. The highest BCUT2D eigenvalue weighted by molar-refractivity contribution is 6.17. The van der Waals surface area contributed by atoms with Gasteiger partial charge in [0.2, 0.25) is 0 Å². The summed E-state index contributed by atoms with van der Waals surface area (Å²) in [6, 6.07) is 37.7. The van der Waals surface area contributed by atoms with E-state index >= 15 is 0 Å². The highest BCUT2D eigenvalue weighted by atomic mass is 16.3. The summed E-state index contributed by atoms with van der Waals surface area (Å²) in [7, 11) is 0. The zero-order valence-corrected chi connectivity index (χ0v) is 18.3. The molecule has 0 atom stereocenters. The average Bonchev–Trinajstić information content (AvgIpc) is 2.88. The summed E-state index contributed by atoms with van der Waals surface area (Å²) in [6.07, 6.45) is 0. The summed E-state index contributed by atoms with van der Waals surface area (Å²) < 4.78 is 0. The molecule has 0 spiro atoms. The van der Waals surface area contributed by atoms with Crippen LogP contribution in [0.4, 0.5) is 0 Å². The standard InChI is InChI=1S/C31H22O3/c32-26-16-25(17-27(33)20-26)31(34)30-28(22-12-6-2-7-13-22)18-24(21-10-4-1-5-11-21)19-29(30)23-14-8-3-9-15-23/h1-20,32-33H. The number of phenolic OH excluding ortho intramolecular Hbond substituents is 2. The Morgan fingerprint density at radius 2 is 0.882 bits per heavy atom. The Kier molecular flexibility index (Phi) is 5.67. The number of benzene rings is 5. The molecule has 0 bridgehead atoms. The van der Waals surface area contributed by atoms with Crippen molar-refractivity contribution in [3.63, 3.8) is 0 Å². The Morgan fingerprint density at radius 1 is 0.471 bits per heavy atom. The fourth-order valence-corrected chi connectivity index (χ4v) is 4.25. The lowest BCUT2D eigenvalue weighted by Crippen LogP contribution is -2.07. The van der Waals surface area contributed by atoms with Gasteiger partial charge in [-0.05, 0) is 57.6 Å². The minimum Gasteiger partial charge on any atom is -0.508 e. The molecule has 0 amide bonds. The fraction of sp³-hybridized carbons (Fsp3) is 0. The van der Waals surface area contributed by atoms with Crippen molar-refractivity contribution in [2.75, 3.05) is 0 Å². The first-order valence-electron chi connectivity index (χ1n) is 11.0. The lowest BCUT2D eigenvalue weighted by atomic mass is 9.84. The zero-order valence-electron chi connectivity index (χ0n) is 18.3. The van der Waals surface area contributed by atoms with E-state index in [1.54, 1.807) is 0 Å². The Morgan fingerprint density at radius 3 is 1.32 bits per heavy atom. The number of rotatable bonds is 5. The molecule has 0 aliphatic rings. The number of aromatic hydroxyl groups is 2. The van der Waals surface area contributed by atoms with Gasteiger partial charge < -0.3 is 10.2 Å². The monoisotopic (exact) mass is 442 g/mol. The van der Waals surface area contributed by atoms with Gasteiger partial charge in [-0.15, -0.1) is 0 Å². The predicted octanol–water partition coefficient (Wildman–Crippen LogP) is 7.33. The van der Waals surface area contributed by atoms with Gasteiger partial charge in [0, 0.05) is 17.2 Å². The summed E-state index contributed by atoms with van der Waals surface area (Å²) in [5.41, 5.74) is 6.17. The quantitative estimate of drug-likeness (QED) is 0.280. The van der Waals surface area contributed by atoms with E-state index < -0.39 is 0 Å². The summed E-state index contributed by atoms with van der Waals surface area (Å²) in [6.45, 7) is 0. The molecule has 0 aliphatic carbocycles. The molecular formula is C31H22O3. The Hall–Kier alpha value is -4.63. The minimum absolute atomic E-state index is 0.160. The second-order valence-electron chi connectivity index (χ2n) is 8.11. The molecule has 3 nitrogen and oxygen atoms in total. The van der Waals surface area contributed by atoms with Crippen LogP contribution < -0.4 is 0 Å². The van der Waals surface area contributed by atoms with E-state index in [0.29, 0.717) is 5.56 Å². The van der Waals surface area contributed by atoms with Crippen LogP contribution in [0.25, 0.3) is 33.4 Å². The maximum Gasteiger partial charge on any atom is 0.194 e. The second-order valence-corrected chi connectivity index (χ2v) is 8.11. The molecule has 3 heteroatoms. The third kappa shape index (κ3) is 4.19. The highest BCUT2D eigenvalue weighted by Gasteiger charge is 2.23. The van der Waals surface area contributed by atoms with Gasteiger partial charge in [0.05, 0.1) is 0 Å². The van der Waals surface area contributed by atoms with Gasteiger partial charge in [-0.3, -0.25) is 4.79 Å². The molecule has 0 radical (unpaired) electrons. The van der Waals surface area contributed by atoms with Gasteiger partial charge >= 0.3 is 0 Å². The van der Waals surface area contributed by atoms with E-state index in [4.69, 9.17) is 0 Å². The number of phenols is 2. The Bertz CT molecular complexity index is 1380. The van der Waals surface area contributed by atoms with Crippen LogP contribution in [-0.4, -0.2) is 16.0 Å². The topological polar surface area (TPSA) is 57.5 Å². The first-order chi connectivity index (χ1) is 16.6. The molecule has 5 aromatic rings. The Balaban J connectivity index is 1.85. The van der Waals surface area contributed by atoms with Crippen molar-refractivity contribution >= 4 is 5.78 Å². The number of hydrogen-bond acceptors (Lipinski definition) is 3. The molecule has 0 saturated heterocycles. The average molecular weight is 443 g/mol. The largest absolute Gasteiger partial charge is 0.508 e. The van der Waals surface area contributed by atoms with Crippen LogP contribution in [0, 0.1) is 0 Å². The second kappa shape index (κ2) is 9.08. The van der Waals surface area contributed by atoms with Crippen LogP contribution in [-0.2, 0) is 0 Å². The maximum atomic E-state index is 14.0. The highest BCUT2D eigenvalue weighted by Crippen LogP contribution is 2.39. The summed E-state index contributed by atoms with van der Waals surface area (Å²) in [5, 5.41) is 20.1. The van der Waals surface area contributed by atoms with Gasteiger partial charge in [0.15, 0.2) is 5.78 Å². The lowest BCUT2D eigenvalue weighted by molar-refractivity contribution is 0.103. The van der Waals surface area contributed by atoms with Gasteiger partial charge in [-0.2, -0.15) is 0 Å². The smallest absolute Gasteiger partial charge is 0.194 e. The van der Waals surface area contributed by atoms with Gasteiger partial charge in [-0.25, -0.2) is 0 Å². The van der Waals surface area contributed by atoms with Crippen LogP contribution >= 0.6 is 0 Å². The van der Waals surface area contributed by atoms with E-state index in [1.165, 1.54) is 18.2 Å². The molecule has 5 aromatic carbocycles. The van der Waals surface area contributed by atoms with Crippen LogP contribution in [0.2, 0.25) is 0 Å². The molecule has 0 aliphatic heterocycles. The molecule has 0 aromatic heterocycles. The van der Waals surface area contributed by atoms with Crippen molar-refractivity contribution < 1.29 is 15.0 Å². The van der Waals surface area contributed by atoms with Crippen molar-refractivity contribution in [1.82, 2.24) is 0 Å². The van der Waals surface area contributed by atoms with E-state index in [9.17, 15) is 15.0 Å². The molecule has 5 rings (SSSR count). The summed E-state index contributed by atoms with van der Waals surface area (Å²) in [4.78, 5) is 14.0. The molecule has 34 heavy (non-hydrogen) atoms. The Labute approximate surface area is 198 Å². The predicted molar refractivity (Wildman–Crippen MR) is 136 cm³/mol. The van der Waals surface area contributed by atoms with Crippen molar-refractivity contribution in [3.05, 3.63) is 132 Å². The molecule has 0 heterocycles. The van der Waals surface area contributed by atoms with Crippen molar-refractivity contribution in [1.29, 1.82) is 0 Å². The molecule has 0 unspecified atom stereocenters. The minimum atomic E-state index is -0.275. The maximum absolute atomic E-state index is 14.0. The molecule has 0 saturated carbocycles. The van der Waals surface area contributed by atoms with Gasteiger partial charge in [0.25, 0.3) is 0 Å². The van der Waals surface area contributed by atoms with Crippen molar-refractivity contribution in [2.24, 2.45) is 0 Å². The summed E-state index contributed by atoms with van der Waals surface area (Å²) in [5.74, 6) is -0.595. The van der Waals surface area contributed by atoms with Crippen molar-refractivity contribution in [3.8, 4) is 44.9 Å². The lowest BCUT2D eigenvalue weighted by Gasteiger charge is -2.18. The number of ketones is 1. The van der Waals surface area contributed by atoms with Crippen LogP contribution in [0.5, 0.6) is 11.5 Å². The normalized spacial score (nSPS) is 10.7. The number of carbonyl (C=O) groups is 1. The van der Waals surface area contributed by atoms with E-state index in [-0.39, 0.29) is 22.8 Å². The third-order valence-corrected chi connectivity index (χ3v) is 5.81. The SMILES string of the molecule is O=C(c1cc(O)cc(O)c1)c1c(-c2ccccc2)cc(-c2ccccc2)cc1-c1ccccc1. The van der Waals surface area contributed by atoms with Gasteiger partial charge in [-0.1, -0.05) is 91.0 Å². The molecule has 2 N–H and O–H groups in total. The fourth-order valence-electron chi connectivity index (χ4n) is 4.25. The van der Waals surface area contributed by atoms with E-state index in [2.05, 4.69) is 0 Å². The molecule has 0 fully saturated rings. The molecule has 164 valence electrons. The van der Waals surface area contributed by atoms with Crippen LogP contribution in [0.1, 0.15) is 15.9 Å². The van der Waals surface area contributed by atoms with Crippen LogP contribution in [0.3, 0.4) is 0 Å². The van der Waals surface area contributed by atoms with Gasteiger partial charge in [0.1, 0.15) is 11.5 Å². The van der Waals surface area contributed by atoms with E-state index in [1.807, 2.05) is 103 Å². The number of hydrogen-bond donors (Lipinski definition) is 2. The first kappa shape index (κ1) is 21.2.